The van der Waals surface area contributed by atoms with Crippen LogP contribution in [0.5, 0.6) is 0 Å². The zero-order chi connectivity index (χ0) is 9.68. The molecule has 0 spiro atoms. The van der Waals surface area contributed by atoms with Crippen LogP contribution in [0.25, 0.3) is 0 Å². The molecule has 1 heterocycles. The fourth-order valence-electron chi connectivity index (χ4n) is 0.861. The molecule has 0 bridgehead atoms. The summed E-state index contributed by atoms with van der Waals surface area (Å²) < 4.78 is 0. The number of carbonyl (C=O) groups excluding carboxylic acids is 1. The monoisotopic (exact) mass is 200 g/mol. The zero-order valence-corrected chi connectivity index (χ0v) is 8.17. The molecule has 2 N–H and O–H groups in total. The van der Waals surface area contributed by atoms with Gasteiger partial charge in [-0.2, -0.15) is 0 Å². The lowest BCUT2D eigenvalue weighted by Gasteiger charge is -2.12. The van der Waals surface area contributed by atoms with Crippen LogP contribution in [0.3, 0.4) is 0 Å². The van der Waals surface area contributed by atoms with Gasteiger partial charge in [-0.25, -0.2) is 0 Å². The minimum atomic E-state index is -0.164. The van der Waals surface area contributed by atoms with Crippen LogP contribution in [0.15, 0.2) is 11.7 Å². The second-order valence-corrected chi connectivity index (χ2v) is 3.51. The van der Waals surface area contributed by atoms with Crippen molar-refractivity contribution in [2.24, 2.45) is 0 Å². The molecule has 0 radical (unpaired) electrons. The number of aliphatic hydroxyl groups is 1. The van der Waals surface area contributed by atoms with Crippen LogP contribution in [0.4, 0.5) is 0 Å². The second-order valence-electron chi connectivity index (χ2n) is 2.63. The van der Waals surface area contributed by atoms with Gasteiger partial charge in [0, 0.05) is 0 Å². The summed E-state index contributed by atoms with van der Waals surface area (Å²) in [6, 6.07) is -0.158. The maximum Gasteiger partial charge on any atom is 0.263 e. The van der Waals surface area contributed by atoms with E-state index in [1.54, 1.807) is 5.51 Å². The molecule has 0 saturated carbocycles. The van der Waals surface area contributed by atoms with Crippen molar-refractivity contribution in [1.29, 1.82) is 0 Å². The van der Waals surface area contributed by atoms with Crippen LogP contribution < -0.4 is 5.32 Å². The van der Waals surface area contributed by atoms with Crippen LogP contribution in [0.2, 0.25) is 0 Å². The number of nitrogens with zero attached hydrogens (tertiary/aromatic N) is 1. The molecular formula is C8H12N2O2S. The van der Waals surface area contributed by atoms with E-state index >= 15 is 0 Å². The number of aromatic nitrogens is 1. The summed E-state index contributed by atoms with van der Waals surface area (Å²) in [4.78, 5) is 15.8. The Morgan fingerprint density at radius 2 is 2.62 bits per heavy atom. The number of aliphatic hydroxyl groups excluding tert-OH is 1. The molecule has 1 aromatic heterocycles. The molecule has 0 aliphatic rings. The Morgan fingerprint density at radius 3 is 3.08 bits per heavy atom. The summed E-state index contributed by atoms with van der Waals surface area (Å²) >= 11 is 1.29. The topological polar surface area (TPSA) is 62.2 Å². The predicted molar refractivity (Wildman–Crippen MR) is 50.7 cm³/mol. The molecule has 1 rings (SSSR count). The van der Waals surface area contributed by atoms with E-state index in [4.69, 9.17) is 5.11 Å². The number of nitrogens with one attached hydrogen (secondary N) is 1. The van der Waals surface area contributed by atoms with Crippen LogP contribution >= 0.6 is 11.3 Å². The fourth-order valence-corrected chi connectivity index (χ4v) is 1.38. The average Bonchev–Trinajstić information content (AvgIpc) is 2.66. The van der Waals surface area contributed by atoms with Gasteiger partial charge in [0.25, 0.3) is 5.91 Å². The highest BCUT2D eigenvalue weighted by Gasteiger charge is 2.11. The minimum absolute atomic E-state index is 0.0267. The van der Waals surface area contributed by atoms with Crippen molar-refractivity contribution in [3.8, 4) is 0 Å². The quantitative estimate of drug-likeness (QED) is 0.750. The van der Waals surface area contributed by atoms with Crippen molar-refractivity contribution < 1.29 is 9.90 Å². The maximum atomic E-state index is 11.4. The number of amides is 1. The number of rotatable bonds is 4. The average molecular weight is 200 g/mol. The summed E-state index contributed by atoms with van der Waals surface area (Å²) in [5, 5.41) is 11.5. The van der Waals surface area contributed by atoms with Crippen molar-refractivity contribution in [2.75, 3.05) is 6.61 Å². The molecule has 0 aromatic carbocycles. The van der Waals surface area contributed by atoms with Gasteiger partial charge in [-0.1, -0.05) is 6.92 Å². The molecule has 1 amide bonds. The Kier molecular flexibility index (Phi) is 3.85. The first-order chi connectivity index (χ1) is 6.27. The molecule has 0 saturated heterocycles. The highest BCUT2D eigenvalue weighted by Crippen LogP contribution is 2.05. The second kappa shape index (κ2) is 4.94. The highest BCUT2D eigenvalue weighted by molar-refractivity contribution is 7.11. The van der Waals surface area contributed by atoms with E-state index in [2.05, 4.69) is 10.3 Å². The molecule has 0 aliphatic heterocycles. The van der Waals surface area contributed by atoms with Gasteiger partial charge < -0.3 is 10.4 Å². The van der Waals surface area contributed by atoms with E-state index in [-0.39, 0.29) is 18.6 Å². The third kappa shape index (κ3) is 2.78. The SMILES string of the molecule is CC[C@@H](CO)NC(=O)c1cncs1. The van der Waals surface area contributed by atoms with Gasteiger partial charge in [0.1, 0.15) is 4.88 Å². The Bertz CT molecular complexity index is 257. The van der Waals surface area contributed by atoms with Crippen molar-refractivity contribution in [1.82, 2.24) is 10.3 Å². The van der Waals surface area contributed by atoms with E-state index < -0.39 is 0 Å². The number of carbonyl (C=O) groups is 1. The number of hydrogen-bond acceptors (Lipinski definition) is 4. The summed E-state index contributed by atoms with van der Waals surface area (Å²) in [5.41, 5.74) is 1.61. The first-order valence-electron chi connectivity index (χ1n) is 4.08. The molecule has 1 atom stereocenters. The Morgan fingerprint density at radius 1 is 1.85 bits per heavy atom. The van der Waals surface area contributed by atoms with E-state index in [1.165, 1.54) is 17.5 Å². The Balaban J connectivity index is 2.50. The third-order valence-corrected chi connectivity index (χ3v) is 2.48. The molecule has 5 heteroatoms. The van der Waals surface area contributed by atoms with Gasteiger partial charge >= 0.3 is 0 Å². The van der Waals surface area contributed by atoms with Gasteiger partial charge in [0.05, 0.1) is 24.4 Å². The predicted octanol–water partition coefficient (Wildman–Crippen LogP) is 0.644. The molecule has 0 unspecified atom stereocenters. The van der Waals surface area contributed by atoms with Crippen molar-refractivity contribution in [3.05, 3.63) is 16.6 Å². The van der Waals surface area contributed by atoms with Gasteiger partial charge in [0.2, 0.25) is 0 Å². The smallest absolute Gasteiger partial charge is 0.263 e. The van der Waals surface area contributed by atoms with Crippen molar-refractivity contribution >= 4 is 17.2 Å². The lowest BCUT2D eigenvalue weighted by atomic mass is 10.2. The molecule has 72 valence electrons. The number of thiazole rings is 1. The number of hydrogen-bond donors (Lipinski definition) is 2. The van der Waals surface area contributed by atoms with E-state index in [0.29, 0.717) is 4.88 Å². The van der Waals surface area contributed by atoms with E-state index in [9.17, 15) is 4.79 Å². The van der Waals surface area contributed by atoms with Gasteiger partial charge in [-0.3, -0.25) is 9.78 Å². The van der Waals surface area contributed by atoms with Crippen LogP contribution in [-0.4, -0.2) is 28.6 Å². The molecule has 0 fully saturated rings. The van der Waals surface area contributed by atoms with Crippen LogP contribution in [0, 0.1) is 0 Å². The molecule has 13 heavy (non-hydrogen) atoms. The van der Waals surface area contributed by atoms with Crippen molar-refractivity contribution in [3.63, 3.8) is 0 Å². The third-order valence-electron chi connectivity index (χ3n) is 1.70. The van der Waals surface area contributed by atoms with Crippen molar-refractivity contribution in [2.45, 2.75) is 19.4 Å². The summed E-state index contributed by atoms with van der Waals surface area (Å²) in [7, 11) is 0. The van der Waals surface area contributed by atoms with Crippen LogP contribution in [0.1, 0.15) is 23.0 Å². The van der Waals surface area contributed by atoms with Gasteiger partial charge in [-0.15, -0.1) is 11.3 Å². The standard InChI is InChI=1S/C8H12N2O2S/c1-2-6(4-11)10-8(12)7-3-9-5-13-7/h3,5-6,11H,2,4H2,1H3,(H,10,12)/t6-/m0/s1. The lowest BCUT2D eigenvalue weighted by molar-refractivity contribution is 0.0919. The van der Waals surface area contributed by atoms with E-state index in [0.717, 1.165) is 6.42 Å². The van der Waals surface area contributed by atoms with Gasteiger partial charge in [0.15, 0.2) is 0 Å². The van der Waals surface area contributed by atoms with E-state index in [1.807, 2.05) is 6.92 Å². The first kappa shape index (κ1) is 10.1. The molecule has 0 aliphatic carbocycles. The first-order valence-corrected chi connectivity index (χ1v) is 4.96. The summed E-state index contributed by atoms with van der Waals surface area (Å²) in [6.07, 6.45) is 2.24. The highest BCUT2D eigenvalue weighted by atomic mass is 32.1. The largest absolute Gasteiger partial charge is 0.394 e. The maximum absolute atomic E-state index is 11.4. The fraction of sp³-hybridized carbons (Fsp3) is 0.500. The normalized spacial score (nSPS) is 12.5. The van der Waals surface area contributed by atoms with Crippen LogP contribution in [-0.2, 0) is 0 Å². The lowest BCUT2D eigenvalue weighted by Crippen LogP contribution is -2.36. The molecular weight excluding hydrogens is 188 g/mol. The minimum Gasteiger partial charge on any atom is -0.394 e. The van der Waals surface area contributed by atoms with Gasteiger partial charge in [-0.05, 0) is 6.42 Å². The summed E-state index contributed by atoms with van der Waals surface area (Å²) in [5.74, 6) is -0.164. The zero-order valence-electron chi connectivity index (χ0n) is 7.36. The molecule has 1 aromatic rings. The Labute approximate surface area is 80.6 Å². The Hall–Kier alpha value is -0.940. The summed E-state index contributed by atoms with van der Waals surface area (Å²) in [6.45, 7) is 1.88. The molecule has 4 nitrogen and oxygen atoms in total.